The molecule has 0 fully saturated rings. The molecule has 2 aromatic carbocycles. The topological polar surface area (TPSA) is 38.3 Å². The molecule has 0 aliphatic heterocycles. The van der Waals surface area contributed by atoms with Crippen LogP contribution in [0.1, 0.15) is 5.56 Å². The van der Waals surface area contributed by atoms with E-state index >= 15 is 0 Å². The fourth-order valence-corrected chi connectivity index (χ4v) is 1.91. The van der Waals surface area contributed by atoms with Gasteiger partial charge < -0.3 is 10.1 Å². The summed E-state index contributed by atoms with van der Waals surface area (Å²) in [7, 11) is 1.61. The Morgan fingerprint density at radius 2 is 1.80 bits per heavy atom. The van der Waals surface area contributed by atoms with Gasteiger partial charge in [-0.2, -0.15) is 0 Å². The summed E-state index contributed by atoms with van der Waals surface area (Å²) in [6.45, 7) is 3.93. The molecular formula is C17H18NO2. The molecule has 3 nitrogen and oxygen atoms in total. The number of hydrogen-bond donors (Lipinski definition) is 1. The van der Waals surface area contributed by atoms with Gasteiger partial charge in [-0.15, -0.1) is 0 Å². The lowest BCUT2D eigenvalue weighted by Gasteiger charge is -2.12. The van der Waals surface area contributed by atoms with Crippen LogP contribution in [-0.2, 0) is 11.2 Å². The lowest BCUT2D eigenvalue weighted by Crippen LogP contribution is -2.22. The van der Waals surface area contributed by atoms with Gasteiger partial charge >= 0.3 is 0 Å². The molecule has 1 N–H and O–H groups in total. The minimum absolute atomic E-state index is 0.0842. The maximum absolute atomic E-state index is 12.1. The molecule has 2 rings (SSSR count). The van der Waals surface area contributed by atoms with E-state index in [1.807, 2.05) is 54.6 Å². The van der Waals surface area contributed by atoms with Crippen molar-refractivity contribution in [2.24, 2.45) is 5.92 Å². The average molecular weight is 268 g/mol. The van der Waals surface area contributed by atoms with Crippen LogP contribution in [0.4, 0.5) is 5.69 Å². The van der Waals surface area contributed by atoms with Crippen molar-refractivity contribution in [3.05, 3.63) is 67.1 Å². The normalized spacial score (nSPS) is 11.7. The largest absolute Gasteiger partial charge is 0.497 e. The molecular weight excluding hydrogens is 250 g/mol. The Bertz CT molecular complexity index is 549. The molecule has 103 valence electrons. The minimum atomic E-state index is -0.320. The molecule has 0 spiro atoms. The van der Waals surface area contributed by atoms with Crippen LogP contribution in [0.15, 0.2) is 54.6 Å². The van der Waals surface area contributed by atoms with Gasteiger partial charge in [0.1, 0.15) is 5.75 Å². The molecule has 0 unspecified atom stereocenters. The zero-order chi connectivity index (χ0) is 14.4. The fourth-order valence-electron chi connectivity index (χ4n) is 1.91. The summed E-state index contributed by atoms with van der Waals surface area (Å²) in [5, 5.41) is 2.86. The monoisotopic (exact) mass is 268 g/mol. The standard InChI is InChI=1S/C17H18NO2/c1-13(12-14-6-4-3-5-7-14)17(19)18-15-8-10-16(20-2)11-9-15/h3-11,13H,1,12H2,2H3,(H,18,19)/t13-/m0/s1. The van der Waals surface area contributed by atoms with Gasteiger partial charge in [-0.25, -0.2) is 0 Å². The molecule has 0 saturated carbocycles. The second kappa shape index (κ2) is 6.75. The molecule has 1 radical (unpaired) electrons. The maximum atomic E-state index is 12.1. The lowest BCUT2D eigenvalue weighted by atomic mass is 10.0. The lowest BCUT2D eigenvalue weighted by molar-refractivity contribution is -0.118. The van der Waals surface area contributed by atoms with Crippen LogP contribution in [0.25, 0.3) is 0 Å². The van der Waals surface area contributed by atoms with E-state index in [4.69, 9.17) is 4.74 Å². The highest BCUT2D eigenvalue weighted by Gasteiger charge is 2.13. The second-order valence-electron chi connectivity index (χ2n) is 4.60. The van der Waals surface area contributed by atoms with Crippen molar-refractivity contribution in [1.82, 2.24) is 0 Å². The molecule has 0 aliphatic carbocycles. The summed E-state index contributed by atoms with van der Waals surface area (Å²) >= 11 is 0. The van der Waals surface area contributed by atoms with Crippen molar-refractivity contribution in [1.29, 1.82) is 0 Å². The highest BCUT2D eigenvalue weighted by Crippen LogP contribution is 2.16. The molecule has 0 heterocycles. The van der Waals surface area contributed by atoms with Crippen molar-refractivity contribution in [2.75, 3.05) is 12.4 Å². The molecule has 0 bridgehead atoms. The molecule has 1 atom stereocenters. The van der Waals surface area contributed by atoms with E-state index in [0.29, 0.717) is 6.42 Å². The van der Waals surface area contributed by atoms with Gasteiger partial charge in [-0.3, -0.25) is 4.79 Å². The van der Waals surface area contributed by atoms with E-state index in [9.17, 15) is 4.79 Å². The SMILES string of the molecule is [CH2][C@@H](Cc1ccccc1)C(=O)Nc1ccc(OC)cc1. The van der Waals surface area contributed by atoms with E-state index in [1.54, 1.807) is 7.11 Å². The number of nitrogens with one attached hydrogen (secondary N) is 1. The smallest absolute Gasteiger partial charge is 0.227 e. The van der Waals surface area contributed by atoms with Crippen molar-refractivity contribution in [2.45, 2.75) is 6.42 Å². The van der Waals surface area contributed by atoms with Crippen molar-refractivity contribution >= 4 is 11.6 Å². The first-order valence-electron chi connectivity index (χ1n) is 6.51. The van der Waals surface area contributed by atoms with E-state index in [1.165, 1.54) is 0 Å². The van der Waals surface area contributed by atoms with Crippen LogP contribution in [-0.4, -0.2) is 13.0 Å². The summed E-state index contributed by atoms with van der Waals surface area (Å²) in [6.07, 6.45) is 0.628. The maximum Gasteiger partial charge on any atom is 0.227 e. The summed E-state index contributed by atoms with van der Waals surface area (Å²) in [5.41, 5.74) is 1.86. The van der Waals surface area contributed by atoms with Crippen LogP contribution in [0.2, 0.25) is 0 Å². The van der Waals surface area contributed by atoms with Gasteiger partial charge in [0.2, 0.25) is 5.91 Å². The van der Waals surface area contributed by atoms with Crippen LogP contribution >= 0.6 is 0 Å². The van der Waals surface area contributed by atoms with Crippen molar-refractivity contribution in [3.63, 3.8) is 0 Å². The van der Waals surface area contributed by atoms with E-state index < -0.39 is 0 Å². The first kappa shape index (κ1) is 14.1. The van der Waals surface area contributed by atoms with Gasteiger partial charge in [0.05, 0.1) is 7.11 Å². The highest BCUT2D eigenvalue weighted by molar-refractivity contribution is 5.93. The first-order chi connectivity index (χ1) is 9.69. The third-order valence-corrected chi connectivity index (χ3v) is 3.05. The van der Waals surface area contributed by atoms with Crippen LogP contribution < -0.4 is 10.1 Å². The third-order valence-electron chi connectivity index (χ3n) is 3.05. The number of carbonyl (C=O) groups is 1. The first-order valence-corrected chi connectivity index (χ1v) is 6.51. The summed E-state index contributed by atoms with van der Waals surface area (Å²) < 4.78 is 5.08. The third kappa shape index (κ3) is 3.85. The van der Waals surface area contributed by atoms with Gasteiger partial charge in [-0.05, 0) is 43.2 Å². The predicted octanol–water partition coefficient (Wildman–Crippen LogP) is 3.33. The molecule has 2 aromatic rings. The second-order valence-corrected chi connectivity index (χ2v) is 4.60. The number of amides is 1. The Morgan fingerprint density at radius 3 is 2.40 bits per heavy atom. The summed E-state index contributed by atoms with van der Waals surface area (Å²) in [4.78, 5) is 12.1. The zero-order valence-corrected chi connectivity index (χ0v) is 11.5. The van der Waals surface area contributed by atoms with Crippen LogP contribution in [0.5, 0.6) is 5.75 Å². The molecule has 3 heteroatoms. The Balaban J connectivity index is 1.93. The Morgan fingerprint density at radius 1 is 1.15 bits per heavy atom. The fraction of sp³-hybridized carbons (Fsp3) is 0.176. The number of carbonyl (C=O) groups excluding carboxylic acids is 1. The number of hydrogen-bond acceptors (Lipinski definition) is 2. The Hall–Kier alpha value is -2.29. The van der Waals surface area contributed by atoms with Gasteiger partial charge in [0.25, 0.3) is 0 Å². The number of benzene rings is 2. The minimum Gasteiger partial charge on any atom is -0.497 e. The zero-order valence-electron chi connectivity index (χ0n) is 11.5. The number of methoxy groups -OCH3 is 1. The van der Waals surface area contributed by atoms with Gasteiger partial charge in [0.15, 0.2) is 0 Å². The van der Waals surface area contributed by atoms with Gasteiger partial charge in [0, 0.05) is 11.6 Å². The van der Waals surface area contributed by atoms with Gasteiger partial charge in [-0.1, -0.05) is 30.3 Å². The van der Waals surface area contributed by atoms with Crippen LogP contribution in [0, 0.1) is 12.8 Å². The molecule has 0 aliphatic rings. The molecule has 20 heavy (non-hydrogen) atoms. The number of anilines is 1. The molecule has 1 amide bonds. The molecule has 0 aromatic heterocycles. The van der Waals surface area contributed by atoms with E-state index in [2.05, 4.69) is 12.2 Å². The summed E-state index contributed by atoms with van der Waals surface area (Å²) in [5.74, 6) is 0.358. The quantitative estimate of drug-likeness (QED) is 0.903. The van der Waals surface area contributed by atoms with Crippen molar-refractivity contribution < 1.29 is 9.53 Å². The number of ether oxygens (including phenoxy) is 1. The van der Waals surface area contributed by atoms with Crippen LogP contribution in [0.3, 0.4) is 0 Å². The predicted molar refractivity (Wildman–Crippen MR) is 80.6 cm³/mol. The highest BCUT2D eigenvalue weighted by atomic mass is 16.5. The summed E-state index contributed by atoms with van der Waals surface area (Å²) in [6, 6.07) is 17.1. The Labute approximate surface area is 119 Å². The van der Waals surface area contributed by atoms with Crippen molar-refractivity contribution in [3.8, 4) is 5.75 Å². The molecule has 0 saturated heterocycles. The van der Waals surface area contributed by atoms with E-state index in [0.717, 1.165) is 17.0 Å². The number of rotatable bonds is 5. The Kier molecular flexibility index (Phi) is 4.77. The average Bonchev–Trinajstić information content (AvgIpc) is 2.49. The van der Waals surface area contributed by atoms with E-state index in [-0.39, 0.29) is 11.8 Å².